The van der Waals surface area contributed by atoms with Gasteiger partial charge in [0, 0.05) is 17.5 Å². The summed E-state index contributed by atoms with van der Waals surface area (Å²) < 4.78 is 0. The molecule has 0 saturated heterocycles. The number of carbonyl (C=O) groups is 1. The molecule has 1 aliphatic carbocycles. The van der Waals surface area contributed by atoms with E-state index in [1.165, 1.54) is 25.5 Å². The van der Waals surface area contributed by atoms with Crippen LogP contribution in [0.25, 0.3) is 0 Å². The number of nitrogens with one attached hydrogen (secondary N) is 1. The first-order chi connectivity index (χ1) is 8.70. The van der Waals surface area contributed by atoms with Crippen LogP contribution in [-0.2, 0) is 0 Å². The van der Waals surface area contributed by atoms with Crippen LogP contribution in [0.2, 0.25) is 0 Å². The Hall–Kier alpha value is -1.23. The van der Waals surface area contributed by atoms with Crippen LogP contribution in [0.1, 0.15) is 36.5 Å². The SMILES string of the molecule is CCSC1CCCC1Nc1ccc(C(=O)O)cn1. The molecule has 0 aliphatic heterocycles. The summed E-state index contributed by atoms with van der Waals surface area (Å²) in [5, 5.41) is 12.9. The quantitative estimate of drug-likeness (QED) is 0.858. The maximum atomic E-state index is 10.7. The fourth-order valence-electron chi connectivity index (χ4n) is 2.30. The van der Waals surface area contributed by atoms with E-state index < -0.39 is 5.97 Å². The number of hydrogen-bond acceptors (Lipinski definition) is 4. The maximum Gasteiger partial charge on any atom is 0.337 e. The zero-order valence-electron chi connectivity index (χ0n) is 10.4. The summed E-state index contributed by atoms with van der Waals surface area (Å²) in [7, 11) is 0. The van der Waals surface area contributed by atoms with Gasteiger partial charge in [-0.25, -0.2) is 9.78 Å². The van der Waals surface area contributed by atoms with Gasteiger partial charge in [-0.1, -0.05) is 13.3 Å². The summed E-state index contributed by atoms with van der Waals surface area (Å²) in [4.78, 5) is 14.9. The lowest BCUT2D eigenvalue weighted by Gasteiger charge is -2.20. The van der Waals surface area contributed by atoms with Crippen LogP contribution in [0.15, 0.2) is 18.3 Å². The third kappa shape index (κ3) is 3.16. The average Bonchev–Trinajstić information content (AvgIpc) is 2.78. The van der Waals surface area contributed by atoms with Crippen molar-refractivity contribution in [3.63, 3.8) is 0 Å². The van der Waals surface area contributed by atoms with E-state index >= 15 is 0 Å². The van der Waals surface area contributed by atoms with Crippen molar-refractivity contribution in [1.82, 2.24) is 4.98 Å². The number of hydrogen-bond donors (Lipinski definition) is 2. The molecule has 0 bridgehead atoms. The highest BCUT2D eigenvalue weighted by Crippen LogP contribution is 2.31. The lowest BCUT2D eigenvalue weighted by atomic mass is 10.2. The summed E-state index contributed by atoms with van der Waals surface area (Å²) in [6.07, 6.45) is 5.08. The second-order valence-electron chi connectivity index (χ2n) is 4.41. The summed E-state index contributed by atoms with van der Waals surface area (Å²) in [5.74, 6) is 0.969. The van der Waals surface area contributed by atoms with Gasteiger partial charge in [0.15, 0.2) is 0 Å². The van der Waals surface area contributed by atoms with Crippen molar-refractivity contribution in [3.05, 3.63) is 23.9 Å². The van der Waals surface area contributed by atoms with Crippen molar-refractivity contribution in [2.45, 2.75) is 37.5 Å². The zero-order chi connectivity index (χ0) is 13.0. The number of carboxylic acid groups (broad SMARTS) is 1. The molecule has 4 nitrogen and oxygen atoms in total. The van der Waals surface area contributed by atoms with E-state index in [-0.39, 0.29) is 5.56 Å². The van der Waals surface area contributed by atoms with E-state index in [0.717, 1.165) is 11.6 Å². The van der Waals surface area contributed by atoms with Gasteiger partial charge in [0.25, 0.3) is 0 Å². The molecule has 0 amide bonds. The first kappa shape index (κ1) is 13.2. The molecule has 2 unspecified atom stereocenters. The number of aromatic nitrogens is 1. The van der Waals surface area contributed by atoms with Crippen molar-refractivity contribution >= 4 is 23.5 Å². The molecule has 0 spiro atoms. The van der Waals surface area contributed by atoms with E-state index in [2.05, 4.69) is 17.2 Å². The number of nitrogens with zero attached hydrogens (tertiary/aromatic N) is 1. The normalized spacial score (nSPS) is 22.9. The minimum atomic E-state index is -0.936. The molecule has 98 valence electrons. The van der Waals surface area contributed by atoms with Crippen LogP contribution in [0.4, 0.5) is 5.82 Å². The van der Waals surface area contributed by atoms with Gasteiger partial charge >= 0.3 is 5.97 Å². The first-order valence-electron chi connectivity index (χ1n) is 6.28. The molecule has 1 aromatic rings. The van der Waals surface area contributed by atoms with E-state index in [1.54, 1.807) is 12.1 Å². The third-order valence-corrected chi connectivity index (χ3v) is 4.50. The second kappa shape index (κ2) is 6.09. The fraction of sp³-hybridized carbons (Fsp3) is 0.538. The molecular weight excluding hydrogens is 248 g/mol. The summed E-state index contributed by atoms with van der Waals surface area (Å²) >= 11 is 1.99. The Morgan fingerprint density at radius 3 is 3.00 bits per heavy atom. The van der Waals surface area contributed by atoms with Crippen LogP contribution in [0, 0.1) is 0 Å². The monoisotopic (exact) mass is 266 g/mol. The number of carboxylic acids is 1. The van der Waals surface area contributed by atoms with Crippen LogP contribution < -0.4 is 5.32 Å². The highest BCUT2D eigenvalue weighted by atomic mass is 32.2. The zero-order valence-corrected chi connectivity index (χ0v) is 11.2. The van der Waals surface area contributed by atoms with Crippen LogP contribution in [-0.4, -0.2) is 33.1 Å². The van der Waals surface area contributed by atoms with E-state index in [0.29, 0.717) is 11.3 Å². The molecular formula is C13H18N2O2S. The second-order valence-corrected chi connectivity index (χ2v) is 5.93. The number of thioether (sulfide) groups is 1. The van der Waals surface area contributed by atoms with E-state index in [9.17, 15) is 4.79 Å². The predicted molar refractivity (Wildman–Crippen MR) is 74.4 cm³/mol. The van der Waals surface area contributed by atoms with Crippen molar-refractivity contribution < 1.29 is 9.90 Å². The Morgan fingerprint density at radius 1 is 1.56 bits per heavy atom. The third-order valence-electron chi connectivity index (χ3n) is 3.18. The molecule has 1 aliphatic rings. The molecule has 1 heterocycles. The summed E-state index contributed by atoms with van der Waals surface area (Å²) in [6, 6.07) is 3.79. The minimum absolute atomic E-state index is 0.228. The Balaban J connectivity index is 1.98. The van der Waals surface area contributed by atoms with Crippen molar-refractivity contribution in [1.29, 1.82) is 0 Å². The van der Waals surface area contributed by atoms with Crippen molar-refractivity contribution in [3.8, 4) is 0 Å². The van der Waals surface area contributed by atoms with Gasteiger partial charge in [0.05, 0.1) is 5.56 Å². The van der Waals surface area contributed by atoms with Crippen LogP contribution in [0.3, 0.4) is 0 Å². The van der Waals surface area contributed by atoms with Gasteiger partial charge < -0.3 is 10.4 Å². The number of aromatic carboxylic acids is 1. The summed E-state index contributed by atoms with van der Waals surface area (Å²) in [6.45, 7) is 2.18. The summed E-state index contributed by atoms with van der Waals surface area (Å²) in [5.41, 5.74) is 0.228. The Bertz CT molecular complexity index is 408. The van der Waals surface area contributed by atoms with Gasteiger partial charge in [-0.05, 0) is 30.7 Å². The highest BCUT2D eigenvalue weighted by molar-refractivity contribution is 7.99. The van der Waals surface area contributed by atoms with Gasteiger partial charge in [-0.2, -0.15) is 11.8 Å². The van der Waals surface area contributed by atoms with Crippen LogP contribution >= 0.6 is 11.8 Å². The van der Waals surface area contributed by atoms with Gasteiger partial charge in [-0.15, -0.1) is 0 Å². The topological polar surface area (TPSA) is 62.2 Å². The standard InChI is InChI=1S/C13H18N2O2S/c1-2-18-11-5-3-4-10(11)15-12-7-6-9(8-14-12)13(16)17/h6-8,10-11H,2-5H2,1H3,(H,14,15)(H,16,17). The molecule has 2 N–H and O–H groups in total. The molecule has 1 saturated carbocycles. The molecule has 0 aromatic carbocycles. The Kier molecular flexibility index (Phi) is 4.47. The van der Waals surface area contributed by atoms with Gasteiger partial charge in [-0.3, -0.25) is 0 Å². The first-order valence-corrected chi connectivity index (χ1v) is 7.33. The minimum Gasteiger partial charge on any atom is -0.478 e. The fourth-order valence-corrected chi connectivity index (χ4v) is 3.50. The van der Waals surface area contributed by atoms with Crippen LogP contribution in [0.5, 0.6) is 0 Å². The Morgan fingerprint density at radius 2 is 2.39 bits per heavy atom. The van der Waals surface area contributed by atoms with Gasteiger partial charge in [0.2, 0.25) is 0 Å². The molecule has 1 aromatic heterocycles. The Labute approximate surface area is 111 Å². The molecule has 2 rings (SSSR count). The predicted octanol–water partition coefficient (Wildman–Crippen LogP) is 2.87. The average molecular weight is 266 g/mol. The number of pyridine rings is 1. The molecule has 2 atom stereocenters. The number of rotatable bonds is 5. The van der Waals surface area contributed by atoms with E-state index in [1.807, 2.05) is 11.8 Å². The maximum absolute atomic E-state index is 10.7. The van der Waals surface area contributed by atoms with E-state index in [4.69, 9.17) is 5.11 Å². The highest BCUT2D eigenvalue weighted by Gasteiger charge is 2.27. The molecule has 0 radical (unpaired) electrons. The molecule has 18 heavy (non-hydrogen) atoms. The van der Waals surface area contributed by atoms with Crippen molar-refractivity contribution in [2.24, 2.45) is 0 Å². The van der Waals surface area contributed by atoms with Crippen molar-refractivity contribution in [2.75, 3.05) is 11.1 Å². The lowest BCUT2D eigenvalue weighted by molar-refractivity contribution is 0.0696. The smallest absolute Gasteiger partial charge is 0.337 e. The molecule has 1 fully saturated rings. The van der Waals surface area contributed by atoms with Gasteiger partial charge in [0.1, 0.15) is 5.82 Å². The number of anilines is 1. The molecule has 5 heteroatoms. The lowest BCUT2D eigenvalue weighted by Crippen LogP contribution is -2.26. The largest absolute Gasteiger partial charge is 0.478 e.